The fraction of sp³-hybridized carbons (Fsp3) is 0.438. The zero-order valence-electron chi connectivity index (χ0n) is 12.9. The smallest absolute Gasteiger partial charge is 0.322 e. The minimum atomic E-state index is -0.883. The quantitative estimate of drug-likeness (QED) is 0.762. The highest BCUT2D eigenvalue weighted by atomic mass is 79.9. The number of imide groups is 1. The monoisotopic (exact) mass is 397 g/mol. The number of halogens is 2. The highest BCUT2D eigenvalue weighted by Crippen LogP contribution is 2.26. The van der Waals surface area contributed by atoms with Gasteiger partial charge in [0.25, 0.3) is 5.91 Å². The third-order valence-corrected chi connectivity index (χ3v) is 5.10. The first kappa shape index (κ1) is 16.9. The van der Waals surface area contributed by atoms with E-state index in [1.54, 1.807) is 17.0 Å². The lowest BCUT2D eigenvalue weighted by molar-refractivity contribution is -0.135. The molecular weight excluding hydrogens is 381 g/mol. The standard InChI is InChI=1S/C16H17BrFN3O3/c17-11-3-1-10(12(18)9-11)2-4-13(22)21-7-5-16(6-8-21)14(23)19-15(24)20-16/h1,3,9H,2,4-8H2,(H2,19,20,23,24). The first-order valence-electron chi connectivity index (χ1n) is 7.75. The maximum absolute atomic E-state index is 13.8. The van der Waals surface area contributed by atoms with Crippen LogP contribution in [0.1, 0.15) is 24.8 Å². The second-order valence-electron chi connectivity index (χ2n) is 6.11. The zero-order chi connectivity index (χ0) is 17.3. The molecule has 8 heteroatoms. The van der Waals surface area contributed by atoms with Crippen molar-refractivity contribution in [1.29, 1.82) is 0 Å². The number of hydrogen-bond acceptors (Lipinski definition) is 3. The molecule has 2 aliphatic heterocycles. The summed E-state index contributed by atoms with van der Waals surface area (Å²) in [5.41, 5.74) is -0.381. The molecule has 1 aromatic rings. The predicted octanol–water partition coefficient (Wildman–Crippen LogP) is 1.72. The molecule has 0 unspecified atom stereocenters. The molecule has 0 aromatic heterocycles. The van der Waals surface area contributed by atoms with Crippen LogP contribution in [0, 0.1) is 5.82 Å². The fourth-order valence-electron chi connectivity index (χ4n) is 3.14. The van der Waals surface area contributed by atoms with Crippen molar-refractivity contribution in [2.45, 2.75) is 31.2 Å². The molecule has 0 bridgehead atoms. The van der Waals surface area contributed by atoms with Crippen LogP contribution in [0.3, 0.4) is 0 Å². The predicted molar refractivity (Wildman–Crippen MR) is 87.6 cm³/mol. The summed E-state index contributed by atoms with van der Waals surface area (Å²) in [6, 6.07) is 4.31. The molecule has 3 rings (SSSR count). The summed E-state index contributed by atoms with van der Waals surface area (Å²) in [7, 11) is 0. The summed E-state index contributed by atoms with van der Waals surface area (Å²) < 4.78 is 14.4. The summed E-state index contributed by atoms with van der Waals surface area (Å²) in [5.74, 6) is -0.728. The van der Waals surface area contributed by atoms with E-state index in [9.17, 15) is 18.8 Å². The molecule has 2 saturated heterocycles. The number of carbonyl (C=O) groups excluding carboxylic acids is 3. The Kier molecular flexibility index (Phi) is 4.58. The van der Waals surface area contributed by atoms with Gasteiger partial charge in [-0.1, -0.05) is 22.0 Å². The van der Waals surface area contributed by atoms with Gasteiger partial charge in [-0.15, -0.1) is 0 Å². The lowest BCUT2D eigenvalue weighted by atomic mass is 9.87. The lowest BCUT2D eigenvalue weighted by Gasteiger charge is -2.37. The molecule has 1 aromatic carbocycles. The minimum Gasteiger partial charge on any atom is -0.342 e. The molecule has 2 heterocycles. The van der Waals surface area contributed by atoms with Gasteiger partial charge in [0, 0.05) is 24.0 Å². The van der Waals surface area contributed by atoms with E-state index in [4.69, 9.17) is 0 Å². The Balaban J connectivity index is 1.54. The van der Waals surface area contributed by atoms with Crippen molar-refractivity contribution >= 4 is 33.8 Å². The number of rotatable bonds is 3. The van der Waals surface area contributed by atoms with Gasteiger partial charge in [-0.2, -0.15) is 0 Å². The molecule has 24 heavy (non-hydrogen) atoms. The Morgan fingerprint density at radius 3 is 2.58 bits per heavy atom. The maximum atomic E-state index is 13.8. The molecule has 4 amide bonds. The molecule has 2 N–H and O–H groups in total. The van der Waals surface area contributed by atoms with Gasteiger partial charge in [0.15, 0.2) is 0 Å². The Labute approximate surface area is 146 Å². The van der Waals surface area contributed by atoms with Gasteiger partial charge in [0.1, 0.15) is 11.4 Å². The van der Waals surface area contributed by atoms with E-state index in [-0.39, 0.29) is 24.1 Å². The van der Waals surface area contributed by atoms with Gasteiger partial charge in [-0.25, -0.2) is 9.18 Å². The number of hydrogen-bond donors (Lipinski definition) is 2. The van der Waals surface area contributed by atoms with E-state index >= 15 is 0 Å². The molecule has 128 valence electrons. The number of benzene rings is 1. The van der Waals surface area contributed by atoms with Crippen LogP contribution in [0.2, 0.25) is 0 Å². The van der Waals surface area contributed by atoms with Crippen molar-refractivity contribution in [1.82, 2.24) is 15.5 Å². The van der Waals surface area contributed by atoms with Crippen LogP contribution >= 0.6 is 15.9 Å². The Morgan fingerprint density at radius 1 is 1.29 bits per heavy atom. The van der Waals surface area contributed by atoms with E-state index in [2.05, 4.69) is 26.6 Å². The van der Waals surface area contributed by atoms with Gasteiger partial charge >= 0.3 is 6.03 Å². The number of likely N-dealkylation sites (tertiary alicyclic amines) is 1. The van der Waals surface area contributed by atoms with Crippen LogP contribution in [-0.4, -0.2) is 41.4 Å². The molecule has 1 spiro atoms. The summed E-state index contributed by atoms with van der Waals surface area (Å²) in [4.78, 5) is 37.1. The summed E-state index contributed by atoms with van der Waals surface area (Å²) in [6.45, 7) is 0.796. The number of aryl methyl sites for hydroxylation is 1. The van der Waals surface area contributed by atoms with Crippen molar-refractivity contribution in [3.05, 3.63) is 34.1 Å². The van der Waals surface area contributed by atoms with Crippen LogP contribution in [0.15, 0.2) is 22.7 Å². The second-order valence-corrected chi connectivity index (χ2v) is 7.02. The van der Waals surface area contributed by atoms with Crippen LogP contribution in [0.5, 0.6) is 0 Å². The van der Waals surface area contributed by atoms with E-state index in [0.717, 1.165) is 0 Å². The van der Waals surface area contributed by atoms with Crippen molar-refractivity contribution < 1.29 is 18.8 Å². The van der Waals surface area contributed by atoms with Gasteiger partial charge in [-0.3, -0.25) is 14.9 Å². The average Bonchev–Trinajstić information content (AvgIpc) is 2.80. The minimum absolute atomic E-state index is 0.0723. The number of urea groups is 1. The van der Waals surface area contributed by atoms with E-state index in [1.807, 2.05) is 0 Å². The molecule has 0 atom stereocenters. The maximum Gasteiger partial charge on any atom is 0.322 e. The number of carbonyl (C=O) groups is 3. The zero-order valence-corrected chi connectivity index (χ0v) is 14.5. The molecule has 2 fully saturated rings. The topological polar surface area (TPSA) is 78.5 Å². The first-order chi connectivity index (χ1) is 11.4. The van der Waals surface area contributed by atoms with Gasteiger partial charge in [0.05, 0.1) is 0 Å². The van der Waals surface area contributed by atoms with E-state index in [1.165, 1.54) is 6.07 Å². The third kappa shape index (κ3) is 3.28. The van der Waals surface area contributed by atoms with Gasteiger partial charge in [-0.05, 0) is 37.0 Å². The van der Waals surface area contributed by atoms with Crippen molar-refractivity contribution in [2.24, 2.45) is 0 Å². The number of piperidine rings is 1. The molecule has 6 nitrogen and oxygen atoms in total. The summed E-state index contributed by atoms with van der Waals surface area (Å²) >= 11 is 3.20. The third-order valence-electron chi connectivity index (χ3n) is 4.61. The Bertz CT molecular complexity index is 702. The van der Waals surface area contributed by atoms with Crippen molar-refractivity contribution in [2.75, 3.05) is 13.1 Å². The first-order valence-corrected chi connectivity index (χ1v) is 8.54. The highest BCUT2D eigenvalue weighted by Gasteiger charge is 2.48. The van der Waals surface area contributed by atoms with E-state index < -0.39 is 11.6 Å². The number of amides is 4. The van der Waals surface area contributed by atoms with E-state index in [0.29, 0.717) is 42.4 Å². The van der Waals surface area contributed by atoms with Gasteiger partial charge < -0.3 is 10.2 Å². The molecule has 0 aliphatic carbocycles. The van der Waals surface area contributed by atoms with Crippen LogP contribution < -0.4 is 10.6 Å². The fourth-order valence-corrected chi connectivity index (χ4v) is 3.48. The second kappa shape index (κ2) is 6.51. The SMILES string of the molecule is O=C1NC(=O)C2(CCN(C(=O)CCc3ccc(Br)cc3F)CC2)N1. The molecule has 2 aliphatic rings. The molecular formula is C16H17BrFN3O3. The highest BCUT2D eigenvalue weighted by molar-refractivity contribution is 9.10. The van der Waals surface area contributed by atoms with Crippen molar-refractivity contribution in [3.8, 4) is 0 Å². The number of nitrogens with zero attached hydrogens (tertiary/aromatic N) is 1. The van der Waals surface area contributed by atoms with Crippen LogP contribution in [0.4, 0.5) is 9.18 Å². The van der Waals surface area contributed by atoms with Gasteiger partial charge in [0.2, 0.25) is 5.91 Å². The van der Waals surface area contributed by atoms with Crippen molar-refractivity contribution in [3.63, 3.8) is 0 Å². The normalized spacial score (nSPS) is 19.3. The summed E-state index contributed by atoms with van der Waals surface area (Å²) in [5, 5.41) is 4.90. The lowest BCUT2D eigenvalue weighted by Crippen LogP contribution is -2.55. The number of nitrogens with one attached hydrogen (secondary N) is 2. The van der Waals surface area contributed by atoms with Crippen LogP contribution in [-0.2, 0) is 16.0 Å². The Hall–Kier alpha value is -1.96. The Morgan fingerprint density at radius 2 is 2.00 bits per heavy atom. The largest absolute Gasteiger partial charge is 0.342 e. The van der Waals surface area contributed by atoms with Crippen LogP contribution in [0.25, 0.3) is 0 Å². The summed E-state index contributed by atoms with van der Waals surface area (Å²) in [6.07, 6.45) is 1.33. The molecule has 0 saturated carbocycles. The average molecular weight is 398 g/mol. The molecule has 0 radical (unpaired) electrons.